The average Bonchev–Trinajstić information content (AvgIpc) is 3.05. The lowest BCUT2D eigenvalue weighted by Gasteiger charge is -2.08. The fourth-order valence-corrected chi connectivity index (χ4v) is 2.91. The van der Waals surface area contributed by atoms with Gasteiger partial charge in [-0.25, -0.2) is 10.2 Å². The number of carboxylic acid groups (broad SMARTS) is 1. The van der Waals surface area contributed by atoms with Gasteiger partial charge in [-0.15, -0.1) is 0 Å². The molecule has 3 aromatic rings. The zero-order chi connectivity index (χ0) is 23.6. The Kier molecular flexibility index (Phi) is 6.01. The van der Waals surface area contributed by atoms with Gasteiger partial charge in [0, 0.05) is 18.2 Å². The van der Waals surface area contributed by atoms with Crippen molar-refractivity contribution in [3.05, 3.63) is 70.9 Å². The van der Waals surface area contributed by atoms with Crippen LogP contribution in [0.2, 0.25) is 0 Å². The molecule has 11 heteroatoms. The lowest BCUT2D eigenvalue weighted by molar-refractivity contribution is -0.137. The highest BCUT2D eigenvalue weighted by Crippen LogP contribution is 2.35. The van der Waals surface area contributed by atoms with E-state index in [1.165, 1.54) is 55.1 Å². The van der Waals surface area contributed by atoms with Crippen molar-refractivity contribution < 1.29 is 33.0 Å². The Morgan fingerprint density at radius 3 is 2.12 bits per heavy atom. The van der Waals surface area contributed by atoms with E-state index >= 15 is 0 Å². The summed E-state index contributed by atoms with van der Waals surface area (Å²) in [6.45, 7) is 1.48. The van der Waals surface area contributed by atoms with Crippen molar-refractivity contribution in [2.24, 2.45) is 12.1 Å². The van der Waals surface area contributed by atoms with Crippen molar-refractivity contribution in [1.29, 1.82) is 0 Å². The Hall–Kier alpha value is -4.15. The molecule has 2 aromatic carbocycles. The topological polar surface area (TPSA) is 117 Å². The number of hydrazone groups is 1. The zero-order valence-electron chi connectivity index (χ0n) is 16.8. The number of hydrogen-bond donors (Lipinski definition) is 3. The zero-order valence-corrected chi connectivity index (χ0v) is 16.8. The summed E-state index contributed by atoms with van der Waals surface area (Å²) in [4.78, 5) is 23.1. The van der Waals surface area contributed by atoms with Crippen LogP contribution in [-0.4, -0.2) is 37.6 Å². The van der Waals surface area contributed by atoms with Crippen molar-refractivity contribution >= 4 is 17.6 Å². The summed E-state index contributed by atoms with van der Waals surface area (Å²) in [6, 6.07) is 9.44. The molecule has 0 aliphatic heterocycles. The van der Waals surface area contributed by atoms with Crippen LogP contribution in [0.3, 0.4) is 0 Å². The second-order valence-corrected chi connectivity index (χ2v) is 6.77. The summed E-state index contributed by atoms with van der Waals surface area (Å²) in [5.74, 6) is -2.05. The number of benzene rings is 2. The van der Waals surface area contributed by atoms with Crippen LogP contribution in [-0.2, 0) is 13.2 Å². The molecule has 3 rings (SSSR count). The second-order valence-electron chi connectivity index (χ2n) is 6.77. The maximum Gasteiger partial charge on any atom is 0.416 e. The summed E-state index contributed by atoms with van der Waals surface area (Å²) in [7, 11) is 1.51. The second kappa shape index (κ2) is 8.53. The van der Waals surface area contributed by atoms with Crippen LogP contribution in [0, 0.1) is 0 Å². The quantitative estimate of drug-likeness (QED) is 0.409. The molecule has 1 heterocycles. The van der Waals surface area contributed by atoms with Gasteiger partial charge in [-0.2, -0.15) is 23.4 Å². The number of carbonyl (C=O) groups excluding carboxylic acids is 1. The molecular weight excluding hydrogens is 429 g/mol. The molecule has 0 fully saturated rings. The van der Waals surface area contributed by atoms with E-state index in [1.807, 2.05) is 0 Å². The minimum absolute atomic E-state index is 0.0236. The lowest BCUT2D eigenvalue weighted by atomic mass is 10.1. The molecule has 0 bridgehead atoms. The van der Waals surface area contributed by atoms with E-state index in [4.69, 9.17) is 5.11 Å². The number of aromatic nitrogens is 2. The number of hydrogen-bond acceptors (Lipinski definition) is 5. The minimum atomic E-state index is -4.48. The molecule has 1 aromatic heterocycles. The highest BCUT2D eigenvalue weighted by atomic mass is 19.4. The summed E-state index contributed by atoms with van der Waals surface area (Å²) in [6.07, 6.45) is -4.48. The monoisotopic (exact) mass is 446 g/mol. The molecule has 166 valence electrons. The first-order valence-corrected chi connectivity index (χ1v) is 9.11. The SMILES string of the molecule is CC(=NNC(=O)c1ccc(C(=O)O)cc1)c1nn(C)c(-c2ccc(C(F)(F)F)cc2)c1O. The fraction of sp³-hybridized carbons (Fsp3) is 0.143. The largest absolute Gasteiger partial charge is 0.504 e. The van der Waals surface area contributed by atoms with Gasteiger partial charge in [0.05, 0.1) is 16.8 Å². The molecule has 3 N–H and O–H groups in total. The van der Waals surface area contributed by atoms with Gasteiger partial charge in [-0.3, -0.25) is 9.48 Å². The average molecular weight is 446 g/mol. The van der Waals surface area contributed by atoms with Crippen LogP contribution in [0.4, 0.5) is 13.2 Å². The van der Waals surface area contributed by atoms with Crippen molar-refractivity contribution in [2.75, 3.05) is 0 Å². The van der Waals surface area contributed by atoms with Crippen LogP contribution in [0.25, 0.3) is 11.3 Å². The Labute approximate surface area is 179 Å². The predicted molar refractivity (Wildman–Crippen MR) is 108 cm³/mol. The van der Waals surface area contributed by atoms with E-state index in [0.717, 1.165) is 12.1 Å². The Bertz CT molecular complexity index is 1200. The molecule has 0 aliphatic carbocycles. The van der Waals surface area contributed by atoms with Gasteiger partial charge in [0.15, 0.2) is 11.4 Å². The Morgan fingerprint density at radius 1 is 1.03 bits per heavy atom. The first-order chi connectivity index (χ1) is 15.0. The summed E-state index contributed by atoms with van der Waals surface area (Å²) < 4.78 is 39.6. The minimum Gasteiger partial charge on any atom is -0.504 e. The number of rotatable bonds is 5. The number of nitrogens with zero attached hydrogens (tertiary/aromatic N) is 3. The first kappa shape index (κ1) is 22.5. The molecule has 0 saturated carbocycles. The van der Waals surface area contributed by atoms with Crippen molar-refractivity contribution in [3.8, 4) is 17.0 Å². The van der Waals surface area contributed by atoms with E-state index in [-0.39, 0.29) is 34.0 Å². The van der Waals surface area contributed by atoms with Crippen molar-refractivity contribution in [1.82, 2.24) is 15.2 Å². The molecule has 0 radical (unpaired) electrons. The smallest absolute Gasteiger partial charge is 0.416 e. The van der Waals surface area contributed by atoms with Gasteiger partial charge in [-0.1, -0.05) is 12.1 Å². The molecule has 0 unspecified atom stereocenters. The molecule has 0 aliphatic rings. The van der Waals surface area contributed by atoms with Crippen molar-refractivity contribution in [3.63, 3.8) is 0 Å². The number of alkyl halides is 3. The number of aromatic carboxylic acids is 1. The predicted octanol–water partition coefficient (Wildman–Crippen LogP) is 3.66. The van der Waals surface area contributed by atoms with Crippen molar-refractivity contribution in [2.45, 2.75) is 13.1 Å². The molecule has 0 saturated heterocycles. The van der Waals surface area contributed by atoms with E-state index < -0.39 is 23.6 Å². The normalized spacial score (nSPS) is 12.0. The highest BCUT2D eigenvalue weighted by molar-refractivity contribution is 6.02. The maximum absolute atomic E-state index is 12.8. The van der Waals surface area contributed by atoms with Gasteiger partial charge in [0.2, 0.25) is 0 Å². The van der Waals surface area contributed by atoms with Gasteiger partial charge in [0.1, 0.15) is 5.69 Å². The maximum atomic E-state index is 12.8. The van der Waals surface area contributed by atoms with Crippen LogP contribution in [0.5, 0.6) is 5.75 Å². The van der Waals surface area contributed by atoms with Gasteiger partial charge < -0.3 is 10.2 Å². The number of halogens is 3. The summed E-state index contributed by atoms with van der Waals surface area (Å²) in [5, 5.41) is 27.5. The number of amides is 1. The van der Waals surface area contributed by atoms with Gasteiger partial charge in [-0.05, 0) is 43.3 Å². The molecule has 1 amide bonds. The number of aromatic hydroxyl groups is 1. The lowest BCUT2D eigenvalue weighted by Crippen LogP contribution is -2.19. The molecule has 0 spiro atoms. The van der Waals surface area contributed by atoms with E-state index in [9.17, 15) is 27.9 Å². The third-order valence-corrected chi connectivity index (χ3v) is 4.57. The van der Waals surface area contributed by atoms with E-state index in [1.54, 1.807) is 0 Å². The summed E-state index contributed by atoms with van der Waals surface area (Å²) in [5.41, 5.74) is 2.32. The molecule has 32 heavy (non-hydrogen) atoms. The number of aryl methyl sites for hydroxylation is 1. The number of nitrogens with one attached hydrogen (secondary N) is 1. The third-order valence-electron chi connectivity index (χ3n) is 4.57. The first-order valence-electron chi connectivity index (χ1n) is 9.11. The van der Waals surface area contributed by atoms with Crippen LogP contribution >= 0.6 is 0 Å². The number of carboxylic acids is 1. The Morgan fingerprint density at radius 2 is 1.59 bits per heavy atom. The highest BCUT2D eigenvalue weighted by Gasteiger charge is 2.30. The van der Waals surface area contributed by atoms with Gasteiger partial charge >= 0.3 is 12.1 Å². The molecule has 8 nitrogen and oxygen atoms in total. The van der Waals surface area contributed by atoms with Crippen LogP contribution in [0.15, 0.2) is 53.6 Å². The Balaban J connectivity index is 1.81. The molecular formula is C21H17F3N4O4. The van der Waals surface area contributed by atoms with Gasteiger partial charge in [0.25, 0.3) is 5.91 Å². The third kappa shape index (κ3) is 4.61. The van der Waals surface area contributed by atoms with Crippen LogP contribution in [0.1, 0.15) is 38.9 Å². The van der Waals surface area contributed by atoms with E-state index in [2.05, 4.69) is 15.6 Å². The van der Waals surface area contributed by atoms with Crippen LogP contribution < -0.4 is 5.43 Å². The number of carbonyl (C=O) groups is 2. The standard InChI is InChI=1S/C21H17F3N4O4/c1-11(25-26-19(30)13-3-5-14(6-4-13)20(31)32)16-18(29)17(28(2)27-16)12-7-9-15(10-8-12)21(22,23)24/h3-10,29H,1-2H3,(H,26,30)(H,31,32). The molecule has 0 atom stereocenters. The summed E-state index contributed by atoms with van der Waals surface area (Å²) >= 11 is 0. The fourth-order valence-electron chi connectivity index (χ4n) is 2.91. The van der Waals surface area contributed by atoms with E-state index in [0.29, 0.717) is 5.56 Å².